The summed E-state index contributed by atoms with van der Waals surface area (Å²) in [6.07, 6.45) is -3.24. The first-order valence-electron chi connectivity index (χ1n) is 12.2. The van der Waals surface area contributed by atoms with Crippen LogP contribution in [0.3, 0.4) is 0 Å². The quantitative estimate of drug-likeness (QED) is 0.440. The maximum atomic E-state index is 14.1. The summed E-state index contributed by atoms with van der Waals surface area (Å²) in [5, 5.41) is 11.9. The molecule has 14 heteroatoms. The van der Waals surface area contributed by atoms with E-state index in [0.29, 0.717) is 11.3 Å². The lowest BCUT2D eigenvalue weighted by molar-refractivity contribution is -0.137. The third-order valence-corrected chi connectivity index (χ3v) is 8.29. The van der Waals surface area contributed by atoms with Gasteiger partial charge in [0, 0.05) is 63.9 Å². The van der Waals surface area contributed by atoms with Crippen LogP contribution in [0.5, 0.6) is 11.6 Å². The number of alkyl halides is 3. The molecule has 0 saturated carbocycles. The fraction of sp³-hybridized carbons (Fsp3) is 0.346. The normalized spacial score (nSPS) is 14.7. The molecule has 0 atom stereocenters. The van der Waals surface area contributed by atoms with Crippen LogP contribution in [0, 0.1) is 25.2 Å². The zero-order chi connectivity index (χ0) is 29.2. The van der Waals surface area contributed by atoms with Crippen LogP contribution in [0.4, 0.5) is 30.5 Å². The molecule has 1 aliphatic heterocycles. The van der Waals surface area contributed by atoms with E-state index in [9.17, 15) is 21.6 Å². The standard InChI is InChI=1S/C26H28F3N7O3S/c1-17-13-19(16-30)14-18(2)24(17)39-23-7-8-31-25(33-23)32-20-5-6-22(21(15-20)26(27,28)29)35-9-11-36(12-10-35)40(37,38)34(3)4/h5-8,13-15H,9-12H2,1-4H3,(H,31,32,33). The van der Waals surface area contributed by atoms with Gasteiger partial charge >= 0.3 is 6.18 Å². The molecule has 1 aromatic heterocycles. The summed E-state index contributed by atoms with van der Waals surface area (Å²) in [4.78, 5) is 9.89. The third kappa shape index (κ3) is 6.27. The molecule has 0 spiro atoms. The number of hydrogen-bond acceptors (Lipinski definition) is 8. The molecular formula is C26H28F3N7O3S. The Morgan fingerprint density at radius 3 is 2.27 bits per heavy atom. The minimum absolute atomic E-state index is 0.0323. The Labute approximate surface area is 230 Å². The van der Waals surface area contributed by atoms with Gasteiger partial charge < -0.3 is 15.0 Å². The Kier molecular flexibility index (Phi) is 8.20. The first kappa shape index (κ1) is 29.1. The van der Waals surface area contributed by atoms with Crippen LogP contribution in [-0.2, 0) is 16.4 Å². The fourth-order valence-corrected chi connectivity index (χ4v) is 5.46. The highest BCUT2D eigenvalue weighted by Gasteiger charge is 2.37. The van der Waals surface area contributed by atoms with E-state index in [1.54, 1.807) is 26.0 Å². The number of aryl methyl sites for hydroxylation is 2. The Balaban J connectivity index is 1.54. The first-order valence-corrected chi connectivity index (χ1v) is 13.6. The van der Waals surface area contributed by atoms with Crippen molar-refractivity contribution in [1.29, 1.82) is 5.26 Å². The summed E-state index contributed by atoms with van der Waals surface area (Å²) in [6, 6.07) is 10.8. The molecule has 2 heterocycles. The van der Waals surface area contributed by atoms with Gasteiger partial charge in [0.1, 0.15) is 5.75 Å². The summed E-state index contributed by atoms with van der Waals surface area (Å²) >= 11 is 0. The van der Waals surface area contributed by atoms with Gasteiger partial charge in [-0.05, 0) is 55.3 Å². The predicted octanol–water partition coefficient (Wildman–Crippen LogP) is 4.45. The van der Waals surface area contributed by atoms with Gasteiger partial charge in [-0.1, -0.05) is 0 Å². The topological polar surface area (TPSA) is 115 Å². The second-order valence-corrected chi connectivity index (χ2v) is 11.5. The number of ether oxygens (including phenoxy) is 1. The van der Waals surface area contributed by atoms with E-state index in [1.165, 1.54) is 47.7 Å². The van der Waals surface area contributed by atoms with Crippen molar-refractivity contribution in [2.45, 2.75) is 20.0 Å². The molecule has 1 fully saturated rings. The van der Waals surface area contributed by atoms with Gasteiger partial charge in [0.05, 0.1) is 17.2 Å². The molecule has 0 aliphatic carbocycles. The number of anilines is 3. The van der Waals surface area contributed by atoms with Crippen molar-refractivity contribution in [3.63, 3.8) is 0 Å². The van der Waals surface area contributed by atoms with Gasteiger partial charge in [-0.15, -0.1) is 0 Å². The summed E-state index contributed by atoms with van der Waals surface area (Å²) in [6.45, 7) is 3.95. The Morgan fingerprint density at radius 2 is 1.70 bits per heavy atom. The summed E-state index contributed by atoms with van der Waals surface area (Å²) in [5.41, 5.74) is 1.18. The molecule has 1 aliphatic rings. The van der Waals surface area contributed by atoms with Crippen LogP contribution in [0.15, 0.2) is 42.6 Å². The van der Waals surface area contributed by atoms with Crippen LogP contribution in [0.2, 0.25) is 0 Å². The summed E-state index contributed by atoms with van der Waals surface area (Å²) < 4.78 is 75.3. The average Bonchev–Trinajstić information content (AvgIpc) is 2.90. The minimum atomic E-state index is -4.66. The third-order valence-electron chi connectivity index (χ3n) is 6.35. The van der Waals surface area contributed by atoms with E-state index in [-0.39, 0.29) is 49.4 Å². The predicted molar refractivity (Wildman–Crippen MR) is 144 cm³/mol. The monoisotopic (exact) mass is 575 g/mol. The van der Waals surface area contributed by atoms with Crippen LogP contribution >= 0.6 is 0 Å². The maximum absolute atomic E-state index is 14.1. The van der Waals surface area contributed by atoms with E-state index >= 15 is 0 Å². The molecule has 0 bridgehead atoms. The van der Waals surface area contributed by atoms with Crippen LogP contribution in [0.25, 0.3) is 0 Å². The molecule has 0 unspecified atom stereocenters. The zero-order valence-electron chi connectivity index (χ0n) is 22.3. The summed E-state index contributed by atoms with van der Waals surface area (Å²) in [5.74, 6) is 0.724. The molecule has 0 amide bonds. The second-order valence-electron chi connectivity index (χ2n) is 9.40. The SMILES string of the molecule is Cc1cc(C#N)cc(C)c1Oc1ccnc(Nc2ccc(N3CCN(S(=O)(=O)N(C)C)CC3)c(C(F)(F)F)c2)n1. The zero-order valence-corrected chi connectivity index (χ0v) is 23.1. The number of nitriles is 1. The van der Waals surface area contributed by atoms with Crippen molar-refractivity contribution in [3.05, 3.63) is 64.8 Å². The molecule has 3 aromatic rings. The lowest BCUT2D eigenvalue weighted by Crippen LogP contribution is -2.52. The summed E-state index contributed by atoms with van der Waals surface area (Å²) in [7, 11) is -0.821. The van der Waals surface area contributed by atoms with Gasteiger partial charge in [0.15, 0.2) is 0 Å². The number of hydrogen-bond donors (Lipinski definition) is 1. The van der Waals surface area contributed by atoms with E-state index < -0.39 is 21.9 Å². The number of halogens is 3. The molecule has 2 aromatic carbocycles. The Bertz CT molecular complexity index is 1520. The number of piperazine rings is 1. The molecule has 1 saturated heterocycles. The first-order chi connectivity index (χ1) is 18.8. The largest absolute Gasteiger partial charge is 0.438 e. The van der Waals surface area contributed by atoms with Gasteiger partial charge in [-0.25, -0.2) is 4.98 Å². The lowest BCUT2D eigenvalue weighted by atomic mass is 10.1. The van der Waals surface area contributed by atoms with Crippen molar-refractivity contribution >= 4 is 27.5 Å². The fourth-order valence-electron chi connectivity index (χ4n) is 4.38. The molecule has 4 rings (SSSR count). The highest BCUT2D eigenvalue weighted by Crippen LogP contribution is 2.39. The number of rotatable bonds is 7. The number of benzene rings is 2. The minimum Gasteiger partial charge on any atom is -0.438 e. The van der Waals surface area contributed by atoms with Gasteiger partial charge in [0.2, 0.25) is 11.8 Å². The maximum Gasteiger partial charge on any atom is 0.418 e. The molecule has 40 heavy (non-hydrogen) atoms. The highest BCUT2D eigenvalue weighted by molar-refractivity contribution is 7.86. The van der Waals surface area contributed by atoms with Crippen LogP contribution < -0.4 is 15.0 Å². The Morgan fingerprint density at radius 1 is 1.05 bits per heavy atom. The molecule has 1 N–H and O–H groups in total. The van der Waals surface area contributed by atoms with Crippen molar-refractivity contribution in [3.8, 4) is 17.7 Å². The molecule has 212 valence electrons. The molecular weight excluding hydrogens is 547 g/mol. The average molecular weight is 576 g/mol. The number of nitrogens with one attached hydrogen (secondary N) is 1. The van der Waals surface area contributed by atoms with Crippen molar-refractivity contribution in [1.82, 2.24) is 18.6 Å². The van der Waals surface area contributed by atoms with Crippen molar-refractivity contribution in [2.75, 3.05) is 50.5 Å². The lowest BCUT2D eigenvalue weighted by Gasteiger charge is -2.37. The van der Waals surface area contributed by atoms with Gasteiger partial charge in [-0.2, -0.15) is 40.4 Å². The van der Waals surface area contributed by atoms with Crippen LogP contribution in [-0.4, -0.2) is 67.3 Å². The molecule has 0 radical (unpaired) electrons. The van der Waals surface area contributed by atoms with Gasteiger partial charge in [-0.3, -0.25) is 0 Å². The van der Waals surface area contributed by atoms with E-state index in [2.05, 4.69) is 21.4 Å². The molecule has 10 nitrogen and oxygen atoms in total. The smallest absolute Gasteiger partial charge is 0.418 e. The van der Waals surface area contributed by atoms with Crippen molar-refractivity contribution < 1.29 is 26.3 Å². The number of nitrogens with zero attached hydrogens (tertiary/aromatic N) is 6. The van der Waals surface area contributed by atoms with E-state index in [4.69, 9.17) is 10.00 Å². The van der Waals surface area contributed by atoms with E-state index in [1.807, 2.05) is 0 Å². The van der Waals surface area contributed by atoms with Gasteiger partial charge in [0.25, 0.3) is 10.2 Å². The Hall–Kier alpha value is -3.93. The van der Waals surface area contributed by atoms with Crippen LogP contribution in [0.1, 0.15) is 22.3 Å². The van der Waals surface area contributed by atoms with E-state index in [0.717, 1.165) is 21.5 Å². The number of aromatic nitrogens is 2. The highest BCUT2D eigenvalue weighted by atomic mass is 32.2. The van der Waals surface area contributed by atoms with Crippen molar-refractivity contribution in [2.24, 2.45) is 0 Å². The second kappa shape index (κ2) is 11.3.